The average Bonchev–Trinajstić information content (AvgIpc) is 2.58. The molecule has 0 fully saturated rings. The molecule has 128 valence electrons. The zero-order chi connectivity index (χ0) is 17.2. The first-order valence-corrected chi connectivity index (χ1v) is 8.74. The second-order valence-electron chi connectivity index (χ2n) is 5.99. The summed E-state index contributed by atoms with van der Waals surface area (Å²) in [6.45, 7) is 4.11. The molecule has 0 radical (unpaired) electrons. The lowest BCUT2D eigenvalue weighted by Gasteiger charge is -2.11. The highest BCUT2D eigenvalue weighted by atomic mass is 16.7. The standard InChI is InChI=1S/C21H26O3/c1-3-4-5-6-7-13-18-14-9-11-16-20(18)24-21(22)23-19-15-10-8-12-17(19)2/h8-12,14-16H,3-7,13H2,1-2H3. The lowest BCUT2D eigenvalue weighted by Crippen LogP contribution is -2.15. The molecule has 0 aromatic heterocycles. The van der Waals surface area contributed by atoms with Crippen LogP contribution < -0.4 is 9.47 Å². The van der Waals surface area contributed by atoms with Crippen molar-refractivity contribution >= 4 is 6.16 Å². The molecule has 0 saturated carbocycles. The quantitative estimate of drug-likeness (QED) is 0.335. The summed E-state index contributed by atoms with van der Waals surface area (Å²) in [4.78, 5) is 12.1. The van der Waals surface area contributed by atoms with Gasteiger partial charge in [0.2, 0.25) is 0 Å². The molecule has 2 aromatic carbocycles. The highest BCUT2D eigenvalue weighted by Gasteiger charge is 2.12. The molecule has 3 nitrogen and oxygen atoms in total. The fraction of sp³-hybridized carbons (Fsp3) is 0.381. The largest absolute Gasteiger partial charge is 0.519 e. The molecule has 3 heteroatoms. The lowest BCUT2D eigenvalue weighted by atomic mass is 10.0. The predicted molar refractivity (Wildman–Crippen MR) is 96.7 cm³/mol. The summed E-state index contributed by atoms with van der Waals surface area (Å²) in [6.07, 6.45) is 6.31. The van der Waals surface area contributed by atoms with Crippen molar-refractivity contribution in [2.45, 2.75) is 52.4 Å². The zero-order valence-electron chi connectivity index (χ0n) is 14.6. The van der Waals surface area contributed by atoms with Crippen LogP contribution >= 0.6 is 0 Å². The number of aryl methyl sites for hydroxylation is 2. The van der Waals surface area contributed by atoms with Crippen molar-refractivity contribution in [1.29, 1.82) is 0 Å². The van der Waals surface area contributed by atoms with Gasteiger partial charge in [-0.2, -0.15) is 0 Å². The van der Waals surface area contributed by atoms with Crippen molar-refractivity contribution in [2.24, 2.45) is 0 Å². The summed E-state index contributed by atoms with van der Waals surface area (Å²) in [5.41, 5.74) is 1.95. The summed E-state index contributed by atoms with van der Waals surface area (Å²) in [5.74, 6) is 1.12. The molecular formula is C21H26O3. The predicted octanol–water partition coefficient (Wildman–Crippen LogP) is 6.09. The van der Waals surface area contributed by atoms with E-state index in [-0.39, 0.29) is 0 Å². The molecule has 0 unspecified atom stereocenters. The summed E-state index contributed by atoms with van der Waals surface area (Å²) >= 11 is 0. The van der Waals surface area contributed by atoms with Crippen LogP contribution in [0.1, 0.15) is 50.2 Å². The molecule has 0 aliphatic rings. The molecule has 2 rings (SSSR count). The molecule has 0 bridgehead atoms. The summed E-state index contributed by atoms with van der Waals surface area (Å²) in [7, 11) is 0. The molecule has 24 heavy (non-hydrogen) atoms. The first-order chi connectivity index (χ1) is 11.7. The van der Waals surface area contributed by atoms with Gasteiger partial charge < -0.3 is 9.47 Å². The Hall–Kier alpha value is -2.29. The van der Waals surface area contributed by atoms with Crippen LogP contribution in [0, 0.1) is 6.92 Å². The van der Waals surface area contributed by atoms with Crippen molar-refractivity contribution in [3.05, 3.63) is 59.7 Å². The first kappa shape index (κ1) is 18.1. The van der Waals surface area contributed by atoms with Crippen LogP contribution in [0.15, 0.2) is 48.5 Å². The van der Waals surface area contributed by atoms with E-state index >= 15 is 0 Å². The number of rotatable bonds is 8. The smallest absolute Gasteiger partial charge is 0.394 e. The third kappa shape index (κ3) is 5.73. The van der Waals surface area contributed by atoms with Crippen LogP contribution in [0.25, 0.3) is 0 Å². The van der Waals surface area contributed by atoms with Crippen LogP contribution in [-0.4, -0.2) is 6.16 Å². The van der Waals surface area contributed by atoms with Gasteiger partial charge in [0, 0.05) is 0 Å². The highest BCUT2D eigenvalue weighted by Crippen LogP contribution is 2.23. The van der Waals surface area contributed by atoms with Crippen LogP contribution in [0.4, 0.5) is 4.79 Å². The van der Waals surface area contributed by atoms with Gasteiger partial charge in [0.15, 0.2) is 0 Å². The van der Waals surface area contributed by atoms with Gasteiger partial charge in [-0.3, -0.25) is 0 Å². The molecule has 0 aliphatic carbocycles. The van der Waals surface area contributed by atoms with Crippen LogP contribution in [-0.2, 0) is 6.42 Å². The Balaban J connectivity index is 1.92. The average molecular weight is 326 g/mol. The van der Waals surface area contributed by atoms with Gasteiger partial charge in [0.05, 0.1) is 0 Å². The van der Waals surface area contributed by atoms with Crippen LogP contribution in [0.5, 0.6) is 11.5 Å². The van der Waals surface area contributed by atoms with E-state index in [0.29, 0.717) is 11.5 Å². The molecular weight excluding hydrogens is 300 g/mol. The van der Waals surface area contributed by atoms with E-state index < -0.39 is 6.16 Å². The van der Waals surface area contributed by atoms with Crippen LogP contribution in [0.2, 0.25) is 0 Å². The minimum Gasteiger partial charge on any atom is -0.394 e. The third-order valence-electron chi connectivity index (χ3n) is 4.00. The van der Waals surface area contributed by atoms with Gasteiger partial charge in [-0.05, 0) is 43.0 Å². The Kier molecular flexibility index (Phi) is 7.34. The fourth-order valence-electron chi connectivity index (χ4n) is 2.60. The summed E-state index contributed by atoms with van der Waals surface area (Å²) in [5, 5.41) is 0. The van der Waals surface area contributed by atoms with E-state index in [0.717, 1.165) is 24.0 Å². The van der Waals surface area contributed by atoms with Crippen molar-refractivity contribution < 1.29 is 14.3 Å². The number of unbranched alkanes of at least 4 members (excludes halogenated alkanes) is 4. The molecule has 0 heterocycles. The van der Waals surface area contributed by atoms with E-state index in [1.54, 1.807) is 6.07 Å². The molecule has 0 amide bonds. The minimum absolute atomic E-state index is 0.527. The van der Waals surface area contributed by atoms with Gasteiger partial charge in [-0.25, -0.2) is 4.79 Å². The van der Waals surface area contributed by atoms with E-state index in [1.807, 2.05) is 49.4 Å². The molecule has 0 spiro atoms. The number of para-hydroxylation sites is 2. The first-order valence-electron chi connectivity index (χ1n) is 8.74. The second kappa shape index (κ2) is 9.76. The lowest BCUT2D eigenvalue weighted by molar-refractivity contribution is 0.151. The molecule has 0 N–H and O–H groups in total. The number of carbonyl (C=O) groups excluding carboxylic acids is 1. The SMILES string of the molecule is CCCCCCCc1ccccc1OC(=O)Oc1ccccc1C. The number of carbonyl (C=O) groups is 1. The maximum absolute atomic E-state index is 12.1. The topological polar surface area (TPSA) is 35.5 Å². The normalized spacial score (nSPS) is 10.4. The fourth-order valence-corrected chi connectivity index (χ4v) is 2.60. The van der Waals surface area contributed by atoms with Gasteiger partial charge in [-0.15, -0.1) is 0 Å². The van der Waals surface area contributed by atoms with Gasteiger partial charge >= 0.3 is 6.16 Å². The van der Waals surface area contributed by atoms with Crippen LogP contribution in [0.3, 0.4) is 0 Å². The monoisotopic (exact) mass is 326 g/mol. The third-order valence-corrected chi connectivity index (χ3v) is 4.00. The number of hydrogen-bond acceptors (Lipinski definition) is 3. The molecule has 0 atom stereocenters. The Morgan fingerprint density at radius 3 is 2.21 bits per heavy atom. The van der Waals surface area contributed by atoms with Crippen molar-refractivity contribution in [2.75, 3.05) is 0 Å². The van der Waals surface area contributed by atoms with Crippen molar-refractivity contribution in [1.82, 2.24) is 0 Å². The second-order valence-corrected chi connectivity index (χ2v) is 5.99. The van der Waals surface area contributed by atoms with Gasteiger partial charge in [0.1, 0.15) is 11.5 Å². The molecule has 0 saturated heterocycles. The summed E-state index contributed by atoms with van der Waals surface area (Å²) in [6, 6.07) is 15.1. The van der Waals surface area contributed by atoms with Crippen molar-refractivity contribution in [3.63, 3.8) is 0 Å². The summed E-state index contributed by atoms with van der Waals surface area (Å²) < 4.78 is 10.7. The maximum atomic E-state index is 12.1. The Morgan fingerprint density at radius 2 is 1.46 bits per heavy atom. The Morgan fingerprint density at radius 1 is 0.833 bits per heavy atom. The zero-order valence-corrected chi connectivity index (χ0v) is 14.6. The van der Waals surface area contributed by atoms with E-state index in [4.69, 9.17) is 9.47 Å². The number of hydrogen-bond donors (Lipinski definition) is 0. The molecule has 0 aliphatic heterocycles. The number of ether oxygens (including phenoxy) is 2. The number of benzene rings is 2. The maximum Gasteiger partial charge on any atom is 0.519 e. The Labute approximate surface area is 144 Å². The van der Waals surface area contributed by atoms with Gasteiger partial charge in [-0.1, -0.05) is 69.0 Å². The highest BCUT2D eigenvalue weighted by molar-refractivity contribution is 5.68. The van der Waals surface area contributed by atoms with E-state index in [2.05, 4.69) is 6.92 Å². The molecule has 2 aromatic rings. The minimum atomic E-state index is -0.692. The van der Waals surface area contributed by atoms with E-state index in [1.165, 1.54) is 25.7 Å². The van der Waals surface area contributed by atoms with Gasteiger partial charge in [0.25, 0.3) is 0 Å². The van der Waals surface area contributed by atoms with E-state index in [9.17, 15) is 4.79 Å². The van der Waals surface area contributed by atoms with Crippen molar-refractivity contribution in [3.8, 4) is 11.5 Å². The Bertz CT molecular complexity index is 649.